The average molecular weight is 315 g/mol. The van der Waals surface area contributed by atoms with Crippen LogP contribution in [0.15, 0.2) is 27.2 Å². The maximum Gasteiger partial charge on any atom is 0.258 e. The van der Waals surface area contributed by atoms with Gasteiger partial charge in [-0.1, -0.05) is 18.5 Å². The summed E-state index contributed by atoms with van der Waals surface area (Å²) >= 11 is 3.09. The van der Waals surface area contributed by atoms with Crippen LogP contribution in [0.4, 0.5) is 4.39 Å². The van der Waals surface area contributed by atoms with Gasteiger partial charge < -0.3 is 9.63 Å². The zero-order valence-electron chi connectivity index (χ0n) is 9.73. The van der Waals surface area contributed by atoms with Crippen molar-refractivity contribution in [2.45, 2.75) is 25.9 Å². The number of aromatic nitrogens is 2. The Morgan fingerprint density at radius 3 is 2.94 bits per heavy atom. The van der Waals surface area contributed by atoms with Crippen molar-refractivity contribution in [3.05, 3.63) is 34.3 Å². The second-order valence-electron chi connectivity index (χ2n) is 3.89. The Bertz CT molecular complexity index is 545. The van der Waals surface area contributed by atoms with Crippen molar-refractivity contribution in [3.63, 3.8) is 0 Å². The first-order valence-corrected chi connectivity index (χ1v) is 6.38. The van der Waals surface area contributed by atoms with E-state index in [1.165, 1.54) is 6.07 Å². The van der Waals surface area contributed by atoms with Gasteiger partial charge in [-0.05, 0) is 40.5 Å². The van der Waals surface area contributed by atoms with Gasteiger partial charge in [0.25, 0.3) is 5.89 Å². The Morgan fingerprint density at radius 2 is 2.28 bits per heavy atom. The Kier molecular flexibility index (Phi) is 4.08. The van der Waals surface area contributed by atoms with Gasteiger partial charge in [0.1, 0.15) is 11.9 Å². The molecule has 0 radical (unpaired) electrons. The minimum Gasteiger partial charge on any atom is -0.385 e. The highest BCUT2D eigenvalue weighted by Gasteiger charge is 2.16. The van der Waals surface area contributed by atoms with E-state index in [2.05, 4.69) is 26.1 Å². The number of rotatable bonds is 4. The van der Waals surface area contributed by atoms with Crippen molar-refractivity contribution in [2.24, 2.45) is 0 Å². The van der Waals surface area contributed by atoms with Crippen LogP contribution in [0.25, 0.3) is 11.5 Å². The molecule has 0 aliphatic heterocycles. The molecule has 4 nitrogen and oxygen atoms in total. The Hall–Kier alpha value is -1.27. The average Bonchev–Trinajstić information content (AvgIpc) is 2.82. The van der Waals surface area contributed by atoms with Crippen LogP contribution in [0.2, 0.25) is 0 Å². The molecule has 1 aromatic carbocycles. The molecule has 2 aromatic rings. The van der Waals surface area contributed by atoms with Gasteiger partial charge in [0.2, 0.25) is 5.82 Å². The molecule has 0 bridgehead atoms. The summed E-state index contributed by atoms with van der Waals surface area (Å²) in [6.45, 7) is 1.96. The van der Waals surface area contributed by atoms with Crippen molar-refractivity contribution in [1.29, 1.82) is 0 Å². The molecule has 1 unspecified atom stereocenters. The quantitative estimate of drug-likeness (QED) is 0.938. The first-order chi connectivity index (χ1) is 8.61. The predicted octanol–water partition coefficient (Wildman–Crippen LogP) is 3.47. The molecule has 1 heterocycles. The van der Waals surface area contributed by atoms with Crippen molar-refractivity contribution < 1.29 is 14.0 Å². The molecule has 0 saturated carbocycles. The third-order valence-corrected chi connectivity index (χ3v) is 3.08. The van der Waals surface area contributed by atoms with E-state index in [1.54, 1.807) is 12.1 Å². The summed E-state index contributed by atoms with van der Waals surface area (Å²) in [5.74, 6) is 0.164. The molecule has 0 spiro atoms. The normalized spacial score (nSPS) is 12.7. The van der Waals surface area contributed by atoms with Crippen LogP contribution in [0.1, 0.15) is 31.7 Å². The smallest absolute Gasteiger partial charge is 0.258 e. The lowest BCUT2D eigenvalue weighted by Gasteiger charge is -2.01. The van der Waals surface area contributed by atoms with E-state index in [1.807, 2.05) is 6.92 Å². The first kappa shape index (κ1) is 13.2. The molecule has 0 saturated heterocycles. The third kappa shape index (κ3) is 2.76. The summed E-state index contributed by atoms with van der Waals surface area (Å²) in [4.78, 5) is 4.10. The molecule has 6 heteroatoms. The van der Waals surface area contributed by atoms with Gasteiger partial charge in [0, 0.05) is 5.56 Å². The molecule has 0 fully saturated rings. The number of hydrogen-bond acceptors (Lipinski definition) is 4. The molecule has 0 aliphatic carbocycles. The van der Waals surface area contributed by atoms with Crippen LogP contribution in [-0.4, -0.2) is 15.2 Å². The number of aliphatic hydroxyl groups excluding tert-OH is 1. The molecule has 1 aromatic heterocycles. The molecule has 96 valence electrons. The van der Waals surface area contributed by atoms with Crippen LogP contribution in [0, 0.1) is 5.82 Å². The number of hydrogen-bond donors (Lipinski definition) is 1. The molecule has 0 aliphatic rings. The van der Waals surface area contributed by atoms with Crippen LogP contribution in [-0.2, 0) is 0 Å². The highest BCUT2D eigenvalue weighted by atomic mass is 79.9. The summed E-state index contributed by atoms with van der Waals surface area (Å²) in [5, 5.41) is 13.4. The SMILES string of the molecule is CCCC(O)c1noc(-c2ccc(F)c(Br)c2)n1. The number of aliphatic hydroxyl groups is 1. The Morgan fingerprint density at radius 1 is 1.50 bits per heavy atom. The van der Waals surface area contributed by atoms with E-state index in [9.17, 15) is 9.50 Å². The summed E-state index contributed by atoms with van der Waals surface area (Å²) in [5.41, 5.74) is 0.603. The molecule has 0 amide bonds. The van der Waals surface area contributed by atoms with Crippen LogP contribution < -0.4 is 0 Å². The summed E-state index contributed by atoms with van der Waals surface area (Å²) in [6, 6.07) is 4.41. The molecular formula is C12H12BrFN2O2. The van der Waals surface area contributed by atoms with Gasteiger partial charge in [-0.25, -0.2) is 4.39 Å². The second kappa shape index (κ2) is 5.58. The van der Waals surface area contributed by atoms with Gasteiger partial charge in [0.15, 0.2) is 0 Å². The number of benzene rings is 1. The van der Waals surface area contributed by atoms with Crippen molar-refractivity contribution in [2.75, 3.05) is 0 Å². The lowest BCUT2D eigenvalue weighted by atomic mass is 10.2. The highest BCUT2D eigenvalue weighted by Crippen LogP contribution is 2.25. The standard InChI is InChI=1S/C12H12BrFN2O2/c1-2-3-10(17)11-15-12(18-16-11)7-4-5-9(14)8(13)6-7/h4-6,10,17H,2-3H2,1H3. The summed E-state index contributed by atoms with van der Waals surface area (Å²) in [6.07, 6.45) is 0.676. The molecule has 2 rings (SSSR count). The van der Waals surface area contributed by atoms with Gasteiger partial charge in [0.05, 0.1) is 4.47 Å². The van der Waals surface area contributed by atoms with Crippen molar-refractivity contribution >= 4 is 15.9 Å². The highest BCUT2D eigenvalue weighted by molar-refractivity contribution is 9.10. The van der Waals surface area contributed by atoms with Crippen LogP contribution in [0.3, 0.4) is 0 Å². The van der Waals surface area contributed by atoms with Gasteiger partial charge >= 0.3 is 0 Å². The van der Waals surface area contributed by atoms with E-state index < -0.39 is 6.10 Å². The topological polar surface area (TPSA) is 59.2 Å². The predicted molar refractivity (Wildman–Crippen MR) is 67.3 cm³/mol. The monoisotopic (exact) mass is 314 g/mol. The fourth-order valence-corrected chi connectivity index (χ4v) is 1.90. The van der Waals surface area contributed by atoms with Crippen LogP contribution in [0.5, 0.6) is 0 Å². The lowest BCUT2D eigenvalue weighted by molar-refractivity contribution is 0.153. The van der Waals surface area contributed by atoms with Gasteiger partial charge in [-0.2, -0.15) is 4.98 Å². The van der Waals surface area contributed by atoms with E-state index in [-0.39, 0.29) is 17.5 Å². The second-order valence-corrected chi connectivity index (χ2v) is 4.75. The lowest BCUT2D eigenvalue weighted by Crippen LogP contribution is -1.98. The first-order valence-electron chi connectivity index (χ1n) is 5.59. The zero-order valence-corrected chi connectivity index (χ0v) is 11.3. The van der Waals surface area contributed by atoms with E-state index in [0.717, 1.165) is 6.42 Å². The number of nitrogens with zero attached hydrogens (tertiary/aromatic N) is 2. The van der Waals surface area contributed by atoms with Crippen molar-refractivity contribution in [1.82, 2.24) is 10.1 Å². The minimum absolute atomic E-state index is 0.257. The molecule has 18 heavy (non-hydrogen) atoms. The largest absolute Gasteiger partial charge is 0.385 e. The van der Waals surface area contributed by atoms with Gasteiger partial charge in [-0.15, -0.1) is 0 Å². The van der Waals surface area contributed by atoms with E-state index in [0.29, 0.717) is 16.5 Å². The minimum atomic E-state index is -0.726. The van der Waals surface area contributed by atoms with E-state index in [4.69, 9.17) is 4.52 Å². The third-order valence-electron chi connectivity index (χ3n) is 2.47. The molecule has 1 atom stereocenters. The summed E-state index contributed by atoms with van der Waals surface area (Å²) in [7, 11) is 0. The molecule has 1 N–H and O–H groups in total. The summed E-state index contributed by atoms with van der Waals surface area (Å²) < 4.78 is 18.5. The number of halogens is 2. The van der Waals surface area contributed by atoms with Crippen LogP contribution >= 0.6 is 15.9 Å². The maximum atomic E-state index is 13.1. The zero-order chi connectivity index (χ0) is 13.1. The van der Waals surface area contributed by atoms with Gasteiger partial charge in [-0.3, -0.25) is 0 Å². The molecular weight excluding hydrogens is 303 g/mol. The fraction of sp³-hybridized carbons (Fsp3) is 0.333. The Balaban J connectivity index is 2.26. The Labute approximate surface area is 112 Å². The van der Waals surface area contributed by atoms with Crippen molar-refractivity contribution in [3.8, 4) is 11.5 Å². The fourth-order valence-electron chi connectivity index (χ4n) is 1.52. The maximum absolute atomic E-state index is 13.1. The van der Waals surface area contributed by atoms with E-state index >= 15 is 0 Å².